The molecule has 4 heteroatoms. The number of amides is 1. The summed E-state index contributed by atoms with van der Waals surface area (Å²) < 4.78 is 5.51. The van der Waals surface area contributed by atoms with E-state index in [1.54, 1.807) is 0 Å². The summed E-state index contributed by atoms with van der Waals surface area (Å²) in [6.07, 6.45) is 7.79. The zero-order valence-corrected chi connectivity index (χ0v) is 10.5. The third kappa shape index (κ3) is 2.99. The molecule has 2 fully saturated rings. The van der Waals surface area contributed by atoms with Crippen LogP contribution in [0.15, 0.2) is 0 Å². The lowest BCUT2D eigenvalue weighted by atomic mass is 9.73. The highest BCUT2D eigenvalue weighted by Crippen LogP contribution is 2.35. The van der Waals surface area contributed by atoms with Crippen LogP contribution in [-0.4, -0.2) is 31.7 Å². The average molecular weight is 240 g/mol. The van der Waals surface area contributed by atoms with Crippen LogP contribution in [0.25, 0.3) is 0 Å². The first-order valence-corrected chi connectivity index (χ1v) is 6.87. The number of ether oxygens (including phenoxy) is 1. The van der Waals surface area contributed by atoms with Crippen molar-refractivity contribution in [1.29, 1.82) is 0 Å². The first kappa shape index (κ1) is 12.8. The van der Waals surface area contributed by atoms with Gasteiger partial charge in [-0.05, 0) is 25.7 Å². The van der Waals surface area contributed by atoms with Crippen molar-refractivity contribution in [2.75, 3.05) is 19.7 Å². The summed E-state index contributed by atoms with van der Waals surface area (Å²) in [6, 6.07) is 0. The Bertz CT molecular complexity index is 256. The second kappa shape index (κ2) is 5.83. The van der Waals surface area contributed by atoms with E-state index in [0.29, 0.717) is 13.1 Å². The van der Waals surface area contributed by atoms with E-state index in [2.05, 4.69) is 5.32 Å². The second-order valence-electron chi connectivity index (χ2n) is 5.39. The molecule has 0 radical (unpaired) electrons. The van der Waals surface area contributed by atoms with Crippen LogP contribution in [0, 0.1) is 5.41 Å². The van der Waals surface area contributed by atoms with Crippen molar-refractivity contribution in [3.8, 4) is 0 Å². The third-order valence-electron chi connectivity index (χ3n) is 4.20. The Morgan fingerprint density at radius 1 is 1.29 bits per heavy atom. The van der Waals surface area contributed by atoms with Gasteiger partial charge in [0.15, 0.2) is 0 Å². The van der Waals surface area contributed by atoms with Crippen LogP contribution in [0.4, 0.5) is 0 Å². The van der Waals surface area contributed by atoms with Crippen molar-refractivity contribution in [2.24, 2.45) is 11.1 Å². The van der Waals surface area contributed by atoms with Crippen molar-refractivity contribution in [2.45, 2.75) is 51.0 Å². The molecule has 3 N–H and O–H groups in total. The molecule has 98 valence electrons. The van der Waals surface area contributed by atoms with Crippen LogP contribution < -0.4 is 11.1 Å². The van der Waals surface area contributed by atoms with Gasteiger partial charge in [-0.2, -0.15) is 0 Å². The normalized spacial score (nSPS) is 27.9. The molecule has 17 heavy (non-hydrogen) atoms. The fourth-order valence-electron chi connectivity index (χ4n) is 2.95. The number of hydrogen-bond acceptors (Lipinski definition) is 3. The molecular formula is C13H24N2O2. The van der Waals surface area contributed by atoms with Crippen molar-refractivity contribution >= 4 is 5.91 Å². The number of nitrogens with one attached hydrogen (secondary N) is 1. The van der Waals surface area contributed by atoms with Gasteiger partial charge >= 0.3 is 0 Å². The van der Waals surface area contributed by atoms with Gasteiger partial charge in [0.1, 0.15) is 0 Å². The molecule has 1 unspecified atom stereocenters. The Morgan fingerprint density at radius 3 is 2.65 bits per heavy atom. The van der Waals surface area contributed by atoms with Gasteiger partial charge in [0.25, 0.3) is 0 Å². The van der Waals surface area contributed by atoms with E-state index in [1.807, 2.05) is 0 Å². The number of carbonyl (C=O) groups is 1. The summed E-state index contributed by atoms with van der Waals surface area (Å²) in [6.45, 7) is 1.97. The minimum absolute atomic E-state index is 0.148. The summed E-state index contributed by atoms with van der Waals surface area (Å²) >= 11 is 0. The summed E-state index contributed by atoms with van der Waals surface area (Å²) in [5.74, 6) is 0.148. The van der Waals surface area contributed by atoms with E-state index in [1.165, 1.54) is 6.42 Å². The van der Waals surface area contributed by atoms with Crippen LogP contribution in [0.1, 0.15) is 44.9 Å². The number of rotatable bonds is 4. The molecule has 0 spiro atoms. The van der Waals surface area contributed by atoms with Gasteiger partial charge in [0, 0.05) is 19.7 Å². The van der Waals surface area contributed by atoms with E-state index in [0.717, 1.165) is 45.1 Å². The van der Waals surface area contributed by atoms with Crippen LogP contribution in [0.3, 0.4) is 0 Å². The monoisotopic (exact) mass is 240 g/mol. The molecule has 1 saturated heterocycles. The first-order valence-electron chi connectivity index (χ1n) is 6.87. The Kier molecular flexibility index (Phi) is 4.40. The quantitative estimate of drug-likeness (QED) is 0.776. The van der Waals surface area contributed by atoms with E-state index in [-0.39, 0.29) is 17.4 Å². The van der Waals surface area contributed by atoms with Gasteiger partial charge in [-0.25, -0.2) is 0 Å². The smallest absolute Gasteiger partial charge is 0.227 e. The van der Waals surface area contributed by atoms with Crippen LogP contribution >= 0.6 is 0 Å². The first-order chi connectivity index (χ1) is 8.27. The zero-order chi connectivity index (χ0) is 12.1. The molecule has 0 aromatic rings. The molecule has 1 atom stereocenters. The summed E-state index contributed by atoms with van der Waals surface area (Å²) in [5, 5.41) is 3.04. The zero-order valence-electron chi connectivity index (χ0n) is 10.5. The van der Waals surface area contributed by atoms with Gasteiger partial charge in [-0.3, -0.25) is 4.79 Å². The van der Waals surface area contributed by atoms with E-state index in [9.17, 15) is 4.79 Å². The van der Waals surface area contributed by atoms with E-state index >= 15 is 0 Å². The highest BCUT2D eigenvalue weighted by molar-refractivity contribution is 5.83. The number of hydrogen-bond donors (Lipinski definition) is 2. The maximum absolute atomic E-state index is 12.3. The average Bonchev–Trinajstić information content (AvgIpc) is 2.90. The summed E-state index contributed by atoms with van der Waals surface area (Å²) in [4.78, 5) is 12.3. The van der Waals surface area contributed by atoms with Gasteiger partial charge < -0.3 is 15.8 Å². The Hall–Kier alpha value is -0.610. The molecule has 1 heterocycles. The molecule has 2 aliphatic rings. The number of carbonyl (C=O) groups excluding carboxylic acids is 1. The van der Waals surface area contributed by atoms with Gasteiger partial charge in [-0.15, -0.1) is 0 Å². The standard InChI is InChI=1S/C13H24N2O2/c14-10-13(6-2-1-3-7-13)12(16)15-9-11-5-4-8-17-11/h11H,1-10,14H2,(H,15,16). The molecule has 2 rings (SSSR count). The summed E-state index contributed by atoms with van der Waals surface area (Å²) in [7, 11) is 0. The van der Waals surface area contributed by atoms with Gasteiger partial charge in [-0.1, -0.05) is 19.3 Å². The van der Waals surface area contributed by atoms with E-state index in [4.69, 9.17) is 10.5 Å². The molecule has 1 saturated carbocycles. The van der Waals surface area contributed by atoms with Crippen molar-refractivity contribution in [1.82, 2.24) is 5.32 Å². The lowest BCUT2D eigenvalue weighted by molar-refractivity contribution is -0.132. The highest BCUT2D eigenvalue weighted by atomic mass is 16.5. The fourth-order valence-corrected chi connectivity index (χ4v) is 2.95. The van der Waals surface area contributed by atoms with E-state index < -0.39 is 0 Å². The predicted molar refractivity (Wildman–Crippen MR) is 66.6 cm³/mol. The summed E-state index contributed by atoms with van der Waals surface area (Å²) in [5.41, 5.74) is 5.54. The van der Waals surface area contributed by atoms with Gasteiger partial charge in [0.05, 0.1) is 11.5 Å². The van der Waals surface area contributed by atoms with Crippen LogP contribution in [0.5, 0.6) is 0 Å². The third-order valence-corrected chi connectivity index (χ3v) is 4.20. The molecular weight excluding hydrogens is 216 g/mol. The topological polar surface area (TPSA) is 64.4 Å². The van der Waals surface area contributed by atoms with Crippen molar-refractivity contribution in [3.05, 3.63) is 0 Å². The molecule has 0 aromatic carbocycles. The fraction of sp³-hybridized carbons (Fsp3) is 0.923. The lowest BCUT2D eigenvalue weighted by Gasteiger charge is -2.34. The molecule has 0 bridgehead atoms. The van der Waals surface area contributed by atoms with Crippen molar-refractivity contribution < 1.29 is 9.53 Å². The lowest BCUT2D eigenvalue weighted by Crippen LogP contribution is -2.48. The van der Waals surface area contributed by atoms with Gasteiger partial charge in [0.2, 0.25) is 5.91 Å². The molecule has 4 nitrogen and oxygen atoms in total. The van der Waals surface area contributed by atoms with Crippen LogP contribution in [-0.2, 0) is 9.53 Å². The highest BCUT2D eigenvalue weighted by Gasteiger charge is 2.38. The largest absolute Gasteiger partial charge is 0.376 e. The Balaban J connectivity index is 1.83. The minimum Gasteiger partial charge on any atom is -0.376 e. The second-order valence-corrected chi connectivity index (χ2v) is 5.39. The molecule has 1 aliphatic heterocycles. The Labute approximate surface area is 103 Å². The SMILES string of the molecule is NCC1(C(=O)NCC2CCCO2)CCCCC1. The predicted octanol–water partition coefficient (Wildman–Crippen LogP) is 1.19. The maximum atomic E-state index is 12.3. The molecule has 0 aromatic heterocycles. The molecule has 1 amide bonds. The Morgan fingerprint density at radius 2 is 2.06 bits per heavy atom. The minimum atomic E-state index is -0.295. The molecule has 1 aliphatic carbocycles. The maximum Gasteiger partial charge on any atom is 0.227 e. The number of nitrogens with two attached hydrogens (primary N) is 1. The van der Waals surface area contributed by atoms with Crippen molar-refractivity contribution in [3.63, 3.8) is 0 Å². The van der Waals surface area contributed by atoms with Crippen LogP contribution in [0.2, 0.25) is 0 Å².